The zero-order valence-corrected chi connectivity index (χ0v) is 17.3. The van der Waals surface area contributed by atoms with Crippen molar-refractivity contribution in [2.75, 3.05) is 25.5 Å². The summed E-state index contributed by atoms with van der Waals surface area (Å²) < 4.78 is 23.5. The van der Waals surface area contributed by atoms with Crippen LogP contribution in [0.15, 0.2) is 49.1 Å². The summed E-state index contributed by atoms with van der Waals surface area (Å²) in [4.78, 5) is 0. The highest BCUT2D eigenvalue weighted by Crippen LogP contribution is 2.29. The van der Waals surface area contributed by atoms with Gasteiger partial charge in [-0.05, 0) is 50.2 Å². The van der Waals surface area contributed by atoms with Crippen molar-refractivity contribution >= 4 is 11.5 Å². The Kier molecular flexibility index (Phi) is 5.25. The predicted octanol–water partition coefficient (Wildman–Crippen LogP) is 3.28. The third kappa shape index (κ3) is 3.72. The van der Waals surface area contributed by atoms with Gasteiger partial charge in [0.05, 0.1) is 19.3 Å². The van der Waals surface area contributed by atoms with Gasteiger partial charge >= 0.3 is 0 Å². The molecule has 1 aliphatic rings. The minimum Gasteiger partial charge on any atom is -0.496 e. The topological polar surface area (TPSA) is 81.3 Å². The molecule has 1 saturated heterocycles. The van der Waals surface area contributed by atoms with Crippen molar-refractivity contribution < 1.29 is 9.13 Å². The highest BCUT2D eigenvalue weighted by molar-refractivity contribution is 5.78. The summed E-state index contributed by atoms with van der Waals surface area (Å²) in [6, 6.07) is 9.17. The molecule has 0 saturated carbocycles. The Morgan fingerprint density at radius 1 is 1.23 bits per heavy atom. The molecule has 0 amide bonds. The molecule has 1 aliphatic heterocycles. The average Bonchev–Trinajstić information content (AvgIpc) is 3.49. The van der Waals surface area contributed by atoms with E-state index in [1.54, 1.807) is 18.5 Å². The van der Waals surface area contributed by atoms with Crippen molar-refractivity contribution in [3.8, 4) is 16.9 Å². The summed E-state index contributed by atoms with van der Waals surface area (Å²) in [6.45, 7) is 2.30. The molecule has 4 heterocycles. The molecule has 1 fully saturated rings. The highest BCUT2D eigenvalue weighted by Gasteiger charge is 2.18. The molecule has 3 aromatic heterocycles. The van der Waals surface area contributed by atoms with Gasteiger partial charge in [0.1, 0.15) is 23.7 Å². The first-order valence-electron chi connectivity index (χ1n) is 10.4. The Hall–Kier alpha value is -3.46. The number of rotatable bonds is 6. The number of nitrogens with one attached hydrogen (secondary N) is 2. The Balaban J connectivity index is 1.42. The predicted molar refractivity (Wildman–Crippen MR) is 116 cm³/mol. The van der Waals surface area contributed by atoms with Crippen LogP contribution in [-0.4, -0.2) is 44.6 Å². The maximum atomic E-state index is 14.3. The Bertz CT molecular complexity index is 1200. The van der Waals surface area contributed by atoms with Crippen LogP contribution in [0.25, 0.3) is 16.8 Å². The summed E-state index contributed by atoms with van der Waals surface area (Å²) >= 11 is 0. The van der Waals surface area contributed by atoms with E-state index in [1.807, 2.05) is 22.7 Å². The molecular weight excluding hydrogens is 397 g/mol. The SMILES string of the molecule is COc1cccc(F)c1CNc1ccc(-c2cnn(C3CCNCC3)c2)c2nncn12. The van der Waals surface area contributed by atoms with E-state index in [0.29, 0.717) is 17.4 Å². The van der Waals surface area contributed by atoms with Crippen molar-refractivity contribution in [1.29, 1.82) is 0 Å². The van der Waals surface area contributed by atoms with Gasteiger partial charge in [0.2, 0.25) is 0 Å². The number of hydrogen-bond acceptors (Lipinski definition) is 6. The number of ether oxygens (including phenoxy) is 1. The summed E-state index contributed by atoms with van der Waals surface area (Å²) in [7, 11) is 1.54. The molecule has 0 unspecified atom stereocenters. The monoisotopic (exact) mass is 421 g/mol. The van der Waals surface area contributed by atoms with Gasteiger partial charge in [-0.25, -0.2) is 4.39 Å². The van der Waals surface area contributed by atoms with E-state index in [0.717, 1.165) is 48.5 Å². The van der Waals surface area contributed by atoms with Crippen molar-refractivity contribution in [3.05, 3.63) is 60.4 Å². The number of benzene rings is 1. The second kappa shape index (κ2) is 8.35. The normalized spacial score (nSPS) is 14.8. The van der Waals surface area contributed by atoms with E-state index in [1.165, 1.54) is 13.2 Å². The van der Waals surface area contributed by atoms with E-state index >= 15 is 0 Å². The summed E-state index contributed by atoms with van der Waals surface area (Å²) in [5.74, 6) is 0.961. The number of anilines is 1. The zero-order valence-electron chi connectivity index (χ0n) is 17.3. The van der Waals surface area contributed by atoms with E-state index in [2.05, 4.69) is 36.8 Å². The van der Waals surface area contributed by atoms with Crippen LogP contribution >= 0.6 is 0 Å². The molecule has 0 spiro atoms. The fraction of sp³-hybridized carbons (Fsp3) is 0.318. The van der Waals surface area contributed by atoms with E-state index < -0.39 is 0 Å². The van der Waals surface area contributed by atoms with Crippen molar-refractivity contribution in [1.82, 2.24) is 29.7 Å². The van der Waals surface area contributed by atoms with Crippen LogP contribution in [0.2, 0.25) is 0 Å². The lowest BCUT2D eigenvalue weighted by atomic mass is 10.1. The van der Waals surface area contributed by atoms with Crippen molar-refractivity contribution in [2.45, 2.75) is 25.4 Å². The maximum absolute atomic E-state index is 14.3. The van der Waals surface area contributed by atoms with Gasteiger partial charge in [0.25, 0.3) is 0 Å². The highest BCUT2D eigenvalue weighted by atomic mass is 19.1. The lowest BCUT2D eigenvalue weighted by molar-refractivity contribution is 0.343. The number of halogens is 1. The van der Waals surface area contributed by atoms with Gasteiger partial charge in [-0.15, -0.1) is 10.2 Å². The number of pyridine rings is 1. The summed E-state index contributed by atoms with van der Waals surface area (Å²) in [5.41, 5.74) is 3.14. The number of methoxy groups -OCH3 is 1. The smallest absolute Gasteiger partial charge is 0.170 e. The standard InChI is InChI=1S/C22H24FN7O/c1-31-20-4-2-3-19(23)18(20)12-25-21-6-5-17(22-28-26-14-29(21)22)15-11-27-30(13-15)16-7-9-24-10-8-16/h2-6,11,13-14,16,24-25H,7-10,12H2,1H3. The van der Waals surface area contributed by atoms with Crippen LogP contribution in [-0.2, 0) is 6.54 Å². The zero-order chi connectivity index (χ0) is 21.2. The number of aromatic nitrogens is 5. The molecule has 1 aromatic carbocycles. The molecule has 2 N–H and O–H groups in total. The molecular formula is C22H24FN7O. The molecule has 8 nitrogen and oxygen atoms in total. The maximum Gasteiger partial charge on any atom is 0.170 e. The molecule has 0 radical (unpaired) electrons. The Morgan fingerprint density at radius 3 is 2.94 bits per heavy atom. The second-order valence-corrected chi connectivity index (χ2v) is 7.62. The minimum absolute atomic E-state index is 0.274. The fourth-order valence-electron chi connectivity index (χ4n) is 4.11. The van der Waals surface area contributed by atoms with Gasteiger partial charge in [0.15, 0.2) is 5.65 Å². The van der Waals surface area contributed by atoms with Crippen LogP contribution in [0.4, 0.5) is 10.2 Å². The van der Waals surface area contributed by atoms with Gasteiger partial charge < -0.3 is 15.4 Å². The van der Waals surface area contributed by atoms with Crippen LogP contribution in [0.3, 0.4) is 0 Å². The first kappa shape index (κ1) is 19.5. The van der Waals surface area contributed by atoms with Crippen LogP contribution < -0.4 is 15.4 Å². The molecule has 4 aromatic rings. The van der Waals surface area contributed by atoms with Crippen molar-refractivity contribution in [2.24, 2.45) is 0 Å². The largest absolute Gasteiger partial charge is 0.496 e. The number of piperidine rings is 1. The Morgan fingerprint density at radius 2 is 2.10 bits per heavy atom. The summed E-state index contributed by atoms with van der Waals surface area (Å²) in [5, 5.41) is 19.7. The van der Waals surface area contributed by atoms with Gasteiger partial charge in [-0.2, -0.15) is 5.10 Å². The second-order valence-electron chi connectivity index (χ2n) is 7.62. The lowest BCUT2D eigenvalue weighted by Crippen LogP contribution is -2.29. The van der Waals surface area contributed by atoms with Gasteiger partial charge in [-0.1, -0.05) is 6.07 Å². The van der Waals surface area contributed by atoms with E-state index in [4.69, 9.17) is 4.74 Å². The Labute approximate surface area is 179 Å². The average molecular weight is 421 g/mol. The van der Waals surface area contributed by atoms with Crippen LogP contribution in [0, 0.1) is 5.82 Å². The number of hydrogen-bond donors (Lipinski definition) is 2. The van der Waals surface area contributed by atoms with Crippen LogP contribution in [0.1, 0.15) is 24.4 Å². The minimum atomic E-state index is -0.311. The molecule has 0 aliphatic carbocycles. The fourth-order valence-corrected chi connectivity index (χ4v) is 4.11. The van der Waals surface area contributed by atoms with E-state index in [9.17, 15) is 4.39 Å². The van der Waals surface area contributed by atoms with Crippen LogP contribution in [0.5, 0.6) is 5.75 Å². The first-order chi connectivity index (χ1) is 15.2. The third-order valence-electron chi connectivity index (χ3n) is 5.79. The molecule has 9 heteroatoms. The van der Waals surface area contributed by atoms with Gasteiger partial charge in [0, 0.05) is 29.4 Å². The molecule has 160 valence electrons. The third-order valence-corrected chi connectivity index (χ3v) is 5.79. The van der Waals surface area contributed by atoms with Gasteiger partial charge in [-0.3, -0.25) is 9.08 Å². The lowest BCUT2D eigenvalue weighted by Gasteiger charge is -2.22. The number of fused-ring (bicyclic) bond motifs is 1. The molecule has 5 rings (SSSR count). The van der Waals surface area contributed by atoms with Crippen molar-refractivity contribution in [3.63, 3.8) is 0 Å². The molecule has 0 bridgehead atoms. The van der Waals surface area contributed by atoms with E-state index in [-0.39, 0.29) is 12.4 Å². The molecule has 31 heavy (non-hydrogen) atoms. The summed E-state index contributed by atoms with van der Waals surface area (Å²) in [6.07, 6.45) is 7.76. The molecule has 0 atom stereocenters. The first-order valence-corrected chi connectivity index (χ1v) is 10.4. The quantitative estimate of drug-likeness (QED) is 0.497. The number of nitrogens with zero attached hydrogens (tertiary/aromatic N) is 5.